The maximum atomic E-state index is 11.3. The monoisotopic (exact) mass is 221 g/mol. The Morgan fingerprint density at radius 3 is 2.81 bits per heavy atom. The Morgan fingerprint density at radius 1 is 1.62 bits per heavy atom. The van der Waals surface area contributed by atoms with Crippen molar-refractivity contribution in [2.45, 2.75) is 32.2 Å². The van der Waals surface area contributed by atoms with E-state index in [0.717, 1.165) is 18.5 Å². The third kappa shape index (κ3) is 1.98. The summed E-state index contributed by atoms with van der Waals surface area (Å²) in [4.78, 5) is 19.5. The van der Waals surface area contributed by atoms with Gasteiger partial charge in [-0.05, 0) is 38.7 Å². The molecule has 0 aliphatic heterocycles. The van der Waals surface area contributed by atoms with Crippen molar-refractivity contribution in [3.8, 4) is 0 Å². The molecule has 5 nitrogen and oxygen atoms in total. The minimum absolute atomic E-state index is 0.175. The molecule has 1 atom stereocenters. The molecule has 2 rings (SSSR count). The first-order chi connectivity index (χ1) is 7.52. The van der Waals surface area contributed by atoms with E-state index < -0.39 is 11.5 Å². The average Bonchev–Trinajstić information content (AvgIpc) is 3.00. The van der Waals surface area contributed by atoms with E-state index in [0.29, 0.717) is 5.95 Å². The highest BCUT2D eigenvalue weighted by Crippen LogP contribution is 2.41. The molecule has 1 fully saturated rings. The van der Waals surface area contributed by atoms with E-state index in [9.17, 15) is 9.90 Å². The van der Waals surface area contributed by atoms with E-state index >= 15 is 0 Å². The molecular formula is C11H15N3O2. The lowest BCUT2D eigenvalue weighted by molar-refractivity contribution is -0.142. The van der Waals surface area contributed by atoms with Crippen molar-refractivity contribution in [1.82, 2.24) is 9.97 Å². The summed E-state index contributed by atoms with van der Waals surface area (Å²) >= 11 is 0. The van der Waals surface area contributed by atoms with Gasteiger partial charge in [0.2, 0.25) is 5.95 Å². The number of carboxylic acid groups (broad SMARTS) is 1. The molecular weight excluding hydrogens is 206 g/mol. The molecule has 1 saturated carbocycles. The molecule has 2 N–H and O–H groups in total. The number of anilines is 1. The van der Waals surface area contributed by atoms with Crippen molar-refractivity contribution in [1.29, 1.82) is 0 Å². The summed E-state index contributed by atoms with van der Waals surface area (Å²) in [5, 5.41) is 12.2. The molecule has 1 aliphatic rings. The van der Waals surface area contributed by atoms with Gasteiger partial charge in [-0.3, -0.25) is 0 Å². The summed E-state index contributed by atoms with van der Waals surface area (Å²) in [7, 11) is 0. The van der Waals surface area contributed by atoms with E-state index in [2.05, 4.69) is 15.3 Å². The first kappa shape index (κ1) is 10.9. The van der Waals surface area contributed by atoms with Crippen LogP contribution in [0.15, 0.2) is 12.3 Å². The molecule has 1 aromatic rings. The Kier molecular flexibility index (Phi) is 2.53. The second-order valence-electron chi connectivity index (χ2n) is 4.43. The highest BCUT2D eigenvalue weighted by molar-refractivity contribution is 5.82. The quantitative estimate of drug-likeness (QED) is 0.804. The van der Waals surface area contributed by atoms with Gasteiger partial charge in [-0.25, -0.2) is 14.8 Å². The van der Waals surface area contributed by atoms with Gasteiger partial charge in [0.1, 0.15) is 5.54 Å². The molecule has 0 bridgehead atoms. The molecule has 0 amide bonds. The molecule has 0 saturated heterocycles. The van der Waals surface area contributed by atoms with Crippen LogP contribution < -0.4 is 5.32 Å². The van der Waals surface area contributed by atoms with Crippen molar-refractivity contribution in [3.05, 3.63) is 18.0 Å². The van der Waals surface area contributed by atoms with Crippen molar-refractivity contribution in [2.24, 2.45) is 5.92 Å². The van der Waals surface area contributed by atoms with Gasteiger partial charge in [0.15, 0.2) is 0 Å². The number of hydrogen-bond donors (Lipinski definition) is 2. The van der Waals surface area contributed by atoms with Gasteiger partial charge in [0, 0.05) is 11.9 Å². The minimum Gasteiger partial charge on any atom is -0.480 e. The van der Waals surface area contributed by atoms with Crippen LogP contribution in [0.4, 0.5) is 5.95 Å². The third-order valence-corrected chi connectivity index (χ3v) is 3.00. The Balaban J connectivity index is 2.21. The van der Waals surface area contributed by atoms with Crippen LogP contribution in [0.2, 0.25) is 0 Å². The first-order valence-corrected chi connectivity index (χ1v) is 5.33. The second-order valence-corrected chi connectivity index (χ2v) is 4.43. The smallest absolute Gasteiger partial charge is 0.329 e. The Bertz CT molecular complexity index is 417. The molecule has 0 spiro atoms. The summed E-state index contributed by atoms with van der Waals surface area (Å²) in [5.41, 5.74) is -0.130. The number of hydrogen-bond acceptors (Lipinski definition) is 4. The van der Waals surface area contributed by atoms with Gasteiger partial charge in [-0.2, -0.15) is 0 Å². The zero-order chi connectivity index (χ0) is 11.8. The Labute approximate surface area is 93.9 Å². The van der Waals surface area contributed by atoms with E-state index in [1.165, 1.54) is 0 Å². The molecule has 0 radical (unpaired) electrons. The summed E-state index contributed by atoms with van der Waals surface area (Å²) < 4.78 is 0. The number of aryl methyl sites for hydroxylation is 1. The van der Waals surface area contributed by atoms with Gasteiger partial charge < -0.3 is 10.4 Å². The van der Waals surface area contributed by atoms with Gasteiger partial charge >= 0.3 is 5.97 Å². The number of carboxylic acids is 1. The molecule has 5 heteroatoms. The van der Waals surface area contributed by atoms with Crippen molar-refractivity contribution in [3.63, 3.8) is 0 Å². The van der Waals surface area contributed by atoms with Crippen LogP contribution in [0.5, 0.6) is 0 Å². The van der Waals surface area contributed by atoms with E-state index in [-0.39, 0.29) is 5.92 Å². The Hall–Kier alpha value is -1.65. The van der Waals surface area contributed by atoms with Crippen LogP contribution in [-0.4, -0.2) is 26.6 Å². The summed E-state index contributed by atoms with van der Waals surface area (Å²) in [5.74, 6) is -0.286. The maximum Gasteiger partial charge on any atom is 0.329 e. The number of rotatable bonds is 4. The highest BCUT2D eigenvalue weighted by atomic mass is 16.4. The fraction of sp³-hybridized carbons (Fsp3) is 0.545. The molecule has 1 heterocycles. The fourth-order valence-corrected chi connectivity index (χ4v) is 1.73. The molecule has 1 aliphatic carbocycles. The van der Waals surface area contributed by atoms with Crippen LogP contribution in [0.25, 0.3) is 0 Å². The van der Waals surface area contributed by atoms with Gasteiger partial charge in [-0.15, -0.1) is 0 Å². The number of aromatic nitrogens is 2. The van der Waals surface area contributed by atoms with Crippen molar-refractivity contribution < 1.29 is 9.90 Å². The summed E-state index contributed by atoms with van der Waals surface area (Å²) in [6, 6.07) is 1.78. The van der Waals surface area contributed by atoms with Gasteiger partial charge in [0.25, 0.3) is 0 Å². The average molecular weight is 221 g/mol. The van der Waals surface area contributed by atoms with Crippen LogP contribution >= 0.6 is 0 Å². The molecule has 1 aromatic heterocycles. The molecule has 16 heavy (non-hydrogen) atoms. The predicted octanol–water partition coefficient (Wildman–Crippen LogP) is 1.45. The maximum absolute atomic E-state index is 11.3. The Morgan fingerprint density at radius 2 is 2.31 bits per heavy atom. The zero-order valence-corrected chi connectivity index (χ0v) is 9.40. The number of aliphatic carboxylic acids is 1. The fourth-order valence-electron chi connectivity index (χ4n) is 1.73. The lowest BCUT2D eigenvalue weighted by Crippen LogP contribution is -2.46. The van der Waals surface area contributed by atoms with E-state index in [1.807, 2.05) is 6.92 Å². The number of nitrogens with one attached hydrogen (secondary N) is 1. The normalized spacial score (nSPS) is 18.9. The highest BCUT2D eigenvalue weighted by Gasteiger charge is 2.48. The summed E-state index contributed by atoms with van der Waals surface area (Å²) in [6.07, 6.45) is 3.52. The lowest BCUT2D eigenvalue weighted by atomic mass is 9.96. The second kappa shape index (κ2) is 3.73. The number of carbonyl (C=O) groups is 1. The van der Waals surface area contributed by atoms with Crippen molar-refractivity contribution >= 4 is 11.9 Å². The van der Waals surface area contributed by atoms with Gasteiger partial charge in [0.05, 0.1) is 0 Å². The van der Waals surface area contributed by atoms with Crippen LogP contribution in [0, 0.1) is 12.8 Å². The standard InChI is InChI=1S/C11H15N3O2/c1-7-5-6-12-10(13-7)14-11(2,9(15)16)8-3-4-8/h5-6,8H,3-4H2,1-2H3,(H,15,16)(H,12,13,14). The molecule has 1 unspecified atom stereocenters. The lowest BCUT2D eigenvalue weighted by Gasteiger charge is -2.26. The van der Waals surface area contributed by atoms with Crippen LogP contribution in [0.1, 0.15) is 25.5 Å². The predicted molar refractivity (Wildman–Crippen MR) is 59.2 cm³/mol. The zero-order valence-electron chi connectivity index (χ0n) is 9.40. The van der Waals surface area contributed by atoms with Crippen LogP contribution in [0.3, 0.4) is 0 Å². The SMILES string of the molecule is Cc1ccnc(NC(C)(C(=O)O)C2CC2)n1. The third-order valence-electron chi connectivity index (χ3n) is 3.00. The number of nitrogens with zero attached hydrogens (tertiary/aromatic N) is 2. The topological polar surface area (TPSA) is 75.1 Å². The summed E-state index contributed by atoms with van der Waals surface area (Å²) in [6.45, 7) is 3.54. The van der Waals surface area contributed by atoms with Crippen LogP contribution in [-0.2, 0) is 4.79 Å². The van der Waals surface area contributed by atoms with Crippen molar-refractivity contribution in [2.75, 3.05) is 5.32 Å². The molecule has 86 valence electrons. The first-order valence-electron chi connectivity index (χ1n) is 5.33. The van der Waals surface area contributed by atoms with E-state index in [4.69, 9.17) is 0 Å². The largest absolute Gasteiger partial charge is 0.480 e. The van der Waals surface area contributed by atoms with E-state index in [1.54, 1.807) is 19.2 Å². The van der Waals surface area contributed by atoms with Gasteiger partial charge in [-0.1, -0.05) is 0 Å². The minimum atomic E-state index is -0.951. The molecule has 0 aromatic carbocycles.